The number of piperidine rings is 1. The molecule has 3 aromatic rings. The summed E-state index contributed by atoms with van der Waals surface area (Å²) in [5.41, 5.74) is 4.74. The van der Waals surface area contributed by atoms with Gasteiger partial charge in [0.25, 0.3) is 0 Å². The van der Waals surface area contributed by atoms with Crippen molar-refractivity contribution in [3.8, 4) is 5.75 Å². The zero-order chi connectivity index (χ0) is 24.1. The monoisotopic (exact) mass is 468 g/mol. The quantitative estimate of drug-likeness (QED) is 0.485. The van der Waals surface area contributed by atoms with Gasteiger partial charge in [-0.15, -0.1) is 0 Å². The van der Waals surface area contributed by atoms with Crippen LogP contribution < -0.4 is 9.64 Å². The molecule has 0 N–H and O–H groups in total. The van der Waals surface area contributed by atoms with Gasteiger partial charge in [-0.1, -0.05) is 49.4 Å². The molecule has 35 heavy (non-hydrogen) atoms. The molecule has 180 valence electrons. The maximum atomic E-state index is 13.6. The summed E-state index contributed by atoms with van der Waals surface area (Å²) in [6.07, 6.45) is 3.65. The van der Waals surface area contributed by atoms with Crippen LogP contribution in [0.5, 0.6) is 5.75 Å². The van der Waals surface area contributed by atoms with Crippen molar-refractivity contribution in [3.05, 3.63) is 71.3 Å². The molecule has 0 aromatic heterocycles. The Balaban J connectivity index is 1.23. The predicted octanol–water partition coefficient (Wildman–Crippen LogP) is 5.41. The van der Waals surface area contributed by atoms with Crippen LogP contribution in [0.25, 0.3) is 10.8 Å². The molecule has 6 rings (SSSR count). The fourth-order valence-corrected chi connectivity index (χ4v) is 6.59. The highest BCUT2D eigenvalue weighted by Gasteiger charge is 2.43. The third-order valence-corrected chi connectivity index (χ3v) is 8.34. The summed E-state index contributed by atoms with van der Waals surface area (Å²) in [4.78, 5) is 30.4. The average Bonchev–Trinajstić information content (AvgIpc) is 3.41. The molecule has 1 aliphatic carbocycles. The molecule has 3 aromatic carbocycles. The Kier molecular flexibility index (Phi) is 5.60. The van der Waals surface area contributed by atoms with E-state index in [0.717, 1.165) is 49.4 Å². The van der Waals surface area contributed by atoms with Crippen molar-refractivity contribution >= 4 is 28.2 Å². The maximum absolute atomic E-state index is 13.6. The Morgan fingerprint density at radius 3 is 2.60 bits per heavy atom. The third kappa shape index (κ3) is 3.56. The number of benzene rings is 3. The van der Waals surface area contributed by atoms with E-state index in [0.29, 0.717) is 18.9 Å². The van der Waals surface area contributed by atoms with E-state index in [9.17, 15) is 9.59 Å². The van der Waals surface area contributed by atoms with Crippen molar-refractivity contribution in [3.63, 3.8) is 0 Å². The predicted molar refractivity (Wildman–Crippen MR) is 138 cm³/mol. The molecule has 3 aliphatic rings. The number of likely N-dealkylation sites (tertiary alicyclic amines) is 1. The van der Waals surface area contributed by atoms with E-state index >= 15 is 0 Å². The lowest BCUT2D eigenvalue weighted by Crippen LogP contribution is -2.47. The molecule has 0 radical (unpaired) electrons. The van der Waals surface area contributed by atoms with Crippen molar-refractivity contribution in [2.75, 3.05) is 25.1 Å². The molecular formula is C30H32N2O3. The van der Waals surface area contributed by atoms with Crippen LogP contribution in [0.2, 0.25) is 0 Å². The Labute approximate surface area is 206 Å². The zero-order valence-corrected chi connectivity index (χ0v) is 20.5. The van der Waals surface area contributed by atoms with Crippen LogP contribution in [0, 0.1) is 0 Å². The normalized spacial score (nSPS) is 22.1. The minimum atomic E-state index is -0.331. The van der Waals surface area contributed by atoms with Gasteiger partial charge >= 0.3 is 0 Å². The smallest absolute Gasteiger partial charge is 0.235 e. The van der Waals surface area contributed by atoms with E-state index in [-0.39, 0.29) is 23.7 Å². The topological polar surface area (TPSA) is 49.9 Å². The molecule has 0 saturated carbocycles. The van der Waals surface area contributed by atoms with Gasteiger partial charge in [-0.3, -0.25) is 14.5 Å². The summed E-state index contributed by atoms with van der Waals surface area (Å²) in [5, 5.41) is 2.63. The van der Waals surface area contributed by atoms with Crippen LogP contribution >= 0.6 is 0 Å². The third-order valence-electron chi connectivity index (χ3n) is 8.34. The fraction of sp³-hybridized carbons (Fsp3) is 0.400. The Bertz CT molecular complexity index is 1310. The number of carbonyl (C=O) groups is 2. The summed E-state index contributed by atoms with van der Waals surface area (Å²) in [6, 6.07) is 19.4. The van der Waals surface area contributed by atoms with E-state index in [1.54, 1.807) is 7.11 Å². The number of nitrogens with zero attached hydrogens (tertiary/aromatic N) is 2. The van der Waals surface area contributed by atoms with Gasteiger partial charge in [0.1, 0.15) is 11.5 Å². The van der Waals surface area contributed by atoms with E-state index in [2.05, 4.69) is 41.3 Å². The lowest BCUT2D eigenvalue weighted by atomic mass is 9.94. The van der Waals surface area contributed by atoms with Crippen molar-refractivity contribution in [2.45, 2.75) is 57.0 Å². The van der Waals surface area contributed by atoms with E-state index in [4.69, 9.17) is 4.74 Å². The highest BCUT2D eigenvalue weighted by molar-refractivity contribution is 6.07. The van der Waals surface area contributed by atoms with Gasteiger partial charge < -0.3 is 9.64 Å². The van der Waals surface area contributed by atoms with Crippen molar-refractivity contribution in [2.24, 2.45) is 0 Å². The number of ketones is 1. The second-order valence-electron chi connectivity index (χ2n) is 10.1. The summed E-state index contributed by atoms with van der Waals surface area (Å²) in [5.74, 6) is 0.898. The van der Waals surface area contributed by atoms with Crippen LogP contribution in [0.1, 0.15) is 61.3 Å². The molecule has 2 atom stereocenters. The van der Waals surface area contributed by atoms with Gasteiger partial charge in [0.15, 0.2) is 0 Å². The van der Waals surface area contributed by atoms with E-state index in [1.165, 1.54) is 21.9 Å². The number of fused-ring (bicyclic) bond motifs is 1. The lowest BCUT2D eigenvalue weighted by Gasteiger charge is -2.40. The minimum absolute atomic E-state index is 0.103. The molecular weight excluding hydrogens is 436 g/mol. The van der Waals surface area contributed by atoms with Gasteiger partial charge in [0, 0.05) is 49.3 Å². The fourth-order valence-electron chi connectivity index (χ4n) is 6.59. The Hall–Kier alpha value is -3.18. The van der Waals surface area contributed by atoms with Gasteiger partial charge in [0.2, 0.25) is 5.91 Å². The Morgan fingerprint density at radius 1 is 1.03 bits per heavy atom. The maximum Gasteiger partial charge on any atom is 0.235 e. The van der Waals surface area contributed by atoms with Crippen LogP contribution in [-0.4, -0.2) is 42.8 Å². The van der Waals surface area contributed by atoms with Crippen molar-refractivity contribution in [1.29, 1.82) is 0 Å². The standard InChI is InChI=1S/C30H32N2O3/c1-3-22(33)18-24-23-9-4-5-10-25(23)32(30(24)34)21-13-15-31(16-14-21)26-17-20-8-6-7-19-11-12-27(35-2)29(26)28(19)20/h4-12,21,24,26H,3,13-18H2,1-2H3. The van der Waals surface area contributed by atoms with Crippen LogP contribution in [0.3, 0.4) is 0 Å². The van der Waals surface area contributed by atoms with Crippen LogP contribution in [0.15, 0.2) is 54.6 Å². The lowest BCUT2D eigenvalue weighted by molar-refractivity contribution is -0.125. The number of hydrogen-bond acceptors (Lipinski definition) is 4. The van der Waals surface area contributed by atoms with Gasteiger partial charge in [-0.25, -0.2) is 0 Å². The number of methoxy groups -OCH3 is 1. The first-order valence-corrected chi connectivity index (χ1v) is 12.9. The summed E-state index contributed by atoms with van der Waals surface area (Å²) in [6.45, 7) is 3.75. The van der Waals surface area contributed by atoms with E-state index in [1.807, 2.05) is 30.0 Å². The highest BCUT2D eigenvalue weighted by Crippen LogP contribution is 2.47. The second kappa shape index (κ2) is 8.80. The molecule has 0 bridgehead atoms. The minimum Gasteiger partial charge on any atom is -0.496 e. The first kappa shape index (κ1) is 22.3. The van der Waals surface area contributed by atoms with Crippen molar-refractivity contribution in [1.82, 2.24) is 4.90 Å². The molecule has 0 spiro atoms. The molecule has 1 fully saturated rings. The molecule has 5 heteroatoms. The first-order valence-electron chi connectivity index (χ1n) is 12.9. The van der Waals surface area contributed by atoms with Gasteiger partial charge in [0.05, 0.1) is 13.0 Å². The molecule has 1 amide bonds. The van der Waals surface area contributed by atoms with Crippen LogP contribution in [0.4, 0.5) is 5.69 Å². The molecule has 5 nitrogen and oxygen atoms in total. The number of para-hydroxylation sites is 1. The van der Waals surface area contributed by atoms with Crippen molar-refractivity contribution < 1.29 is 14.3 Å². The molecule has 2 heterocycles. The number of hydrogen-bond donors (Lipinski definition) is 0. The van der Waals surface area contributed by atoms with E-state index < -0.39 is 0 Å². The second-order valence-corrected chi connectivity index (χ2v) is 10.1. The molecule has 2 aliphatic heterocycles. The number of anilines is 1. The first-order chi connectivity index (χ1) is 17.1. The summed E-state index contributed by atoms with van der Waals surface area (Å²) in [7, 11) is 1.76. The zero-order valence-electron chi connectivity index (χ0n) is 20.5. The number of ether oxygens (including phenoxy) is 1. The molecule has 1 saturated heterocycles. The summed E-state index contributed by atoms with van der Waals surface area (Å²) >= 11 is 0. The van der Waals surface area contributed by atoms with Crippen LogP contribution in [-0.2, 0) is 16.0 Å². The molecule has 2 unspecified atom stereocenters. The number of rotatable bonds is 6. The highest BCUT2D eigenvalue weighted by atomic mass is 16.5. The van der Waals surface area contributed by atoms with Gasteiger partial charge in [-0.2, -0.15) is 0 Å². The Morgan fingerprint density at radius 2 is 1.83 bits per heavy atom. The average molecular weight is 469 g/mol. The largest absolute Gasteiger partial charge is 0.496 e. The number of amides is 1. The van der Waals surface area contributed by atoms with Gasteiger partial charge in [-0.05, 0) is 53.3 Å². The summed E-state index contributed by atoms with van der Waals surface area (Å²) < 4.78 is 5.80. The SMILES string of the molecule is CCC(=O)CC1C(=O)N(C2CCN(C3Cc4cccc5ccc(OC)c3c45)CC2)c2ccccc21. The number of carbonyl (C=O) groups excluding carboxylic acids is 2. The number of Topliss-reactive ketones (excluding diaryl/α,β-unsaturated/α-hetero) is 1.